The van der Waals surface area contributed by atoms with E-state index in [1.54, 1.807) is 24.3 Å². The quantitative estimate of drug-likeness (QED) is 0.0803. The van der Waals surface area contributed by atoms with Crippen LogP contribution in [0.25, 0.3) is 11.0 Å². The van der Waals surface area contributed by atoms with Crippen molar-refractivity contribution in [3.05, 3.63) is 95.3 Å². The largest absolute Gasteiger partial charge is 0.463 e. The van der Waals surface area contributed by atoms with E-state index in [-0.39, 0.29) is 36.1 Å². The van der Waals surface area contributed by atoms with Gasteiger partial charge in [-0.2, -0.15) is 4.99 Å². The van der Waals surface area contributed by atoms with E-state index in [0.29, 0.717) is 30.6 Å². The number of amidine groups is 1. The van der Waals surface area contributed by atoms with Crippen LogP contribution in [0.5, 0.6) is 0 Å². The summed E-state index contributed by atoms with van der Waals surface area (Å²) in [6, 6.07) is 22.2. The molecule has 11 nitrogen and oxygen atoms in total. The van der Waals surface area contributed by atoms with Crippen LogP contribution in [-0.4, -0.2) is 63.8 Å². The first-order valence-electron chi connectivity index (χ1n) is 16.5. The third-order valence-corrected chi connectivity index (χ3v) is 8.65. The maximum absolute atomic E-state index is 13.9. The zero-order valence-corrected chi connectivity index (χ0v) is 28.2. The second-order valence-electron chi connectivity index (χ2n) is 12.6. The maximum atomic E-state index is 13.9. The molecule has 4 N–H and O–H groups in total. The predicted octanol–water partition coefficient (Wildman–Crippen LogP) is 4.89. The lowest BCUT2D eigenvalue weighted by Gasteiger charge is -2.34. The van der Waals surface area contributed by atoms with Gasteiger partial charge in [0.05, 0.1) is 23.7 Å². The summed E-state index contributed by atoms with van der Waals surface area (Å²) in [7, 11) is 1.97. The molecule has 48 heavy (non-hydrogen) atoms. The van der Waals surface area contributed by atoms with Gasteiger partial charge >= 0.3 is 5.97 Å². The number of nitrogens with zero attached hydrogens (tertiary/aromatic N) is 4. The summed E-state index contributed by atoms with van der Waals surface area (Å²) < 4.78 is 7.30. The lowest BCUT2D eigenvalue weighted by atomic mass is 9.89. The van der Waals surface area contributed by atoms with Crippen molar-refractivity contribution in [3.63, 3.8) is 0 Å². The van der Waals surface area contributed by atoms with Gasteiger partial charge in [0.25, 0.3) is 5.91 Å². The number of nitrogens with two attached hydrogens (primary N) is 1. The Morgan fingerprint density at radius 2 is 1.71 bits per heavy atom. The summed E-state index contributed by atoms with van der Waals surface area (Å²) in [6.07, 6.45) is 2.68. The fourth-order valence-electron chi connectivity index (χ4n) is 5.91. The number of nitrogens with one attached hydrogen (secondary N) is 2. The Morgan fingerprint density at radius 3 is 2.40 bits per heavy atom. The molecule has 11 heteroatoms. The number of amides is 2. The van der Waals surface area contributed by atoms with Gasteiger partial charge in [0.15, 0.2) is 0 Å². The number of aryl methyl sites for hydroxylation is 1. The molecule has 0 aliphatic carbocycles. The number of esters is 1. The Labute approximate surface area is 281 Å². The van der Waals surface area contributed by atoms with Gasteiger partial charge in [0.1, 0.15) is 17.2 Å². The second kappa shape index (κ2) is 15.2. The minimum atomic E-state index is -0.977. The van der Waals surface area contributed by atoms with E-state index in [4.69, 9.17) is 15.5 Å². The summed E-state index contributed by atoms with van der Waals surface area (Å²) >= 11 is 0. The number of ether oxygens (including phenoxy) is 1. The van der Waals surface area contributed by atoms with Crippen LogP contribution in [0.4, 0.5) is 5.69 Å². The first-order chi connectivity index (χ1) is 23.0. The van der Waals surface area contributed by atoms with Crippen molar-refractivity contribution in [2.24, 2.45) is 17.8 Å². The molecule has 1 aliphatic heterocycles. The van der Waals surface area contributed by atoms with Gasteiger partial charge < -0.3 is 25.3 Å². The van der Waals surface area contributed by atoms with Crippen LogP contribution in [0.2, 0.25) is 0 Å². The van der Waals surface area contributed by atoms with Crippen molar-refractivity contribution >= 4 is 40.3 Å². The minimum absolute atomic E-state index is 0.0282. The Hall–Kier alpha value is -5.03. The second-order valence-corrected chi connectivity index (χ2v) is 12.6. The molecule has 252 valence electrons. The Morgan fingerprint density at radius 1 is 1.00 bits per heavy atom. The fraction of sp³-hybridized carbons (Fsp3) is 0.378. The van der Waals surface area contributed by atoms with E-state index in [1.165, 1.54) is 0 Å². The molecule has 1 fully saturated rings. The number of aromatic nitrogens is 2. The van der Waals surface area contributed by atoms with Gasteiger partial charge in [0, 0.05) is 43.4 Å². The van der Waals surface area contributed by atoms with Gasteiger partial charge in [-0.05, 0) is 101 Å². The average molecular weight is 652 g/mol. The van der Waals surface area contributed by atoms with Crippen LogP contribution in [0.1, 0.15) is 73.8 Å². The fourth-order valence-corrected chi connectivity index (χ4v) is 5.91. The zero-order chi connectivity index (χ0) is 34.3. The van der Waals surface area contributed by atoms with Crippen LogP contribution in [-0.2, 0) is 33.5 Å². The van der Waals surface area contributed by atoms with Crippen molar-refractivity contribution in [1.82, 2.24) is 19.8 Å². The first-order valence-corrected chi connectivity index (χ1v) is 16.5. The molecule has 0 spiro atoms. The first kappa shape index (κ1) is 34.3. The number of likely N-dealkylation sites (tertiary alicyclic amines) is 1. The smallest absolute Gasteiger partial charge is 0.306 e. The number of carbonyl (C=O) groups excluding carboxylic acids is 3. The van der Waals surface area contributed by atoms with E-state index in [9.17, 15) is 14.4 Å². The highest BCUT2D eigenvalue weighted by molar-refractivity contribution is 6.08. The van der Waals surface area contributed by atoms with Gasteiger partial charge in [0.2, 0.25) is 5.91 Å². The topological polar surface area (TPSA) is 144 Å². The van der Waals surface area contributed by atoms with Gasteiger partial charge in [-0.15, -0.1) is 0 Å². The SMILES string of the molecule is CC(C)OC(=O)CCCN[C@@](C)(C(=O)N1CCCC1)c1ccc2c(c1)nc(CNc1ccc(C(N)=NC(=O)c3ccccc3)cc1)n2C. The summed E-state index contributed by atoms with van der Waals surface area (Å²) in [5.41, 5.74) is 9.70. The molecule has 4 aromatic rings. The van der Waals surface area contributed by atoms with Gasteiger partial charge in [-0.1, -0.05) is 24.3 Å². The molecule has 2 amide bonds. The van der Waals surface area contributed by atoms with Crippen LogP contribution < -0.4 is 16.4 Å². The molecular weight excluding hydrogens is 606 g/mol. The van der Waals surface area contributed by atoms with Gasteiger partial charge in [-0.3, -0.25) is 19.7 Å². The number of benzene rings is 3. The number of fused-ring (bicyclic) bond motifs is 1. The van der Waals surface area contributed by atoms with E-state index in [2.05, 4.69) is 15.6 Å². The summed E-state index contributed by atoms with van der Waals surface area (Å²) in [6.45, 7) is 8.02. The molecule has 5 rings (SSSR count). The molecule has 1 aromatic heterocycles. The van der Waals surface area contributed by atoms with E-state index >= 15 is 0 Å². The number of hydrogen-bond acceptors (Lipinski definition) is 7. The molecule has 1 aliphatic rings. The number of rotatable bonds is 13. The highest BCUT2D eigenvalue weighted by Crippen LogP contribution is 2.29. The highest BCUT2D eigenvalue weighted by Gasteiger charge is 2.39. The Balaban J connectivity index is 1.28. The molecule has 2 heterocycles. The number of imidazole rings is 1. The minimum Gasteiger partial charge on any atom is -0.463 e. The van der Waals surface area contributed by atoms with Crippen LogP contribution >= 0.6 is 0 Å². The van der Waals surface area contributed by atoms with Crippen LogP contribution in [0.15, 0.2) is 77.8 Å². The Bertz CT molecular complexity index is 1780. The molecule has 1 atom stereocenters. The van der Waals surface area contributed by atoms with Crippen molar-refractivity contribution in [3.8, 4) is 0 Å². The average Bonchev–Trinajstić information content (AvgIpc) is 3.73. The van der Waals surface area contributed by atoms with Crippen molar-refractivity contribution in [2.75, 3.05) is 25.0 Å². The predicted molar refractivity (Wildman–Crippen MR) is 188 cm³/mol. The monoisotopic (exact) mass is 651 g/mol. The molecule has 0 bridgehead atoms. The summed E-state index contributed by atoms with van der Waals surface area (Å²) in [4.78, 5) is 49.3. The highest BCUT2D eigenvalue weighted by atomic mass is 16.5. The number of aliphatic imine (C=N–C) groups is 1. The zero-order valence-electron chi connectivity index (χ0n) is 28.2. The lowest BCUT2D eigenvalue weighted by molar-refractivity contribution is -0.147. The number of anilines is 1. The van der Waals surface area contributed by atoms with Crippen LogP contribution in [0, 0.1) is 0 Å². The van der Waals surface area contributed by atoms with Crippen molar-refractivity contribution in [1.29, 1.82) is 0 Å². The molecule has 1 saturated heterocycles. The van der Waals surface area contributed by atoms with Crippen LogP contribution in [0.3, 0.4) is 0 Å². The molecule has 3 aromatic carbocycles. The molecule has 0 radical (unpaired) electrons. The summed E-state index contributed by atoms with van der Waals surface area (Å²) in [5, 5.41) is 6.89. The number of carbonyl (C=O) groups is 3. The molecule has 0 unspecified atom stereocenters. The standard InChI is InChI=1S/C37H45N7O4/c1-25(2)48-33(45)13-10-20-40-37(3,36(47)44-21-8-9-22-44)28-16-19-31-30(23-28)41-32(43(31)4)24-39-29-17-14-26(15-18-29)34(38)42-35(46)27-11-6-5-7-12-27/h5-7,11-12,14-19,23,25,39-40H,8-10,13,20-22,24H2,1-4H3,(H2,38,42,46)/t37-/m1/s1. The van der Waals surface area contributed by atoms with E-state index < -0.39 is 5.54 Å². The Kier molecular flexibility index (Phi) is 10.9. The molecule has 0 saturated carbocycles. The maximum Gasteiger partial charge on any atom is 0.306 e. The van der Waals surface area contributed by atoms with Crippen molar-refractivity contribution < 1.29 is 19.1 Å². The third-order valence-electron chi connectivity index (χ3n) is 8.65. The van der Waals surface area contributed by atoms with Crippen molar-refractivity contribution in [2.45, 2.75) is 64.6 Å². The number of hydrogen-bond donors (Lipinski definition) is 3. The van der Waals surface area contributed by atoms with Gasteiger partial charge in [-0.25, -0.2) is 4.98 Å². The molecular formula is C37H45N7O4. The lowest BCUT2D eigenvalue weighted by Crippen LogP contribution is -2.53. The summed E-state index contributed by atoms with van der Waals surface area (Å²) in [5.74, 6) is 0.380. The third kappa shape index (κ3) is 8.09. The normalized spacial score (nSPS) is 14.7. The van der Waals surface area contributed by atoms with E-state index in [0.717, 1.165) is 54.0 Å². The van der Waals surface area contributed by atoms with E-state index in [1.807, 2.05) is 85.8 Å².